The molecular weight excluding hydrogens is 226 g/mol. The Morgan fingerprint density at radius 1 is 1.59 bits per heavy atom. The average molecular weight is 241 g/mol. The maximum Gasteiger partial charge on any atom is 0.266 e. The van der Waals surface area contributed by atoms with Crippen molar-refractivity contribution in [2.75, 3.05) is 6.54 Å². The molecule has 94 valence electrons. The third kappa shape index (κ3) is 2.51. The Kier molecular flexibility index (Phi) is 3.35. The van der Waals surface area contributed by atoms with Gasteiger partial charge in [-0.05, 0) is 6.42 Å². The van der Waals surface area contributed by atoms with Crippen molar-refractivity contribution in [2.45, 2.75) is 27.2 Å². The molecule has 0 aromatic carbocycles. The molecule has 6 heteroatoms. The van der Waals surface area contributed by atoms with Crippen LogP contribution < -0.4 is 0 Å². The number of nitrogens with zero attached hydrogens (tertiary/aromatic N) is 1. The molecule has 1 N–H and O–H groups in total. The zero-order chi connectivity index (χ0) is 13.4. The maximum atomic E-state index is 12.0. The van der Waals surface area contributed by atoms with Crippen LogP contribution in [0.5, 0.6) is 0 Å². The summed E-state index contributed by atoms with van der Waals surface area (Å²) in [6.07, 6.45) is 0.424. The molecule has 0 spiro atoms. The number of aliphatic hydroxyl groups is 1. The predicted molar refractivity (Wildman–Crippen MR) is 59.1 cm³/mol. The largest absolute Gasteiger partial charge is 0.511 e. The van der Waals surface area contributed by atoms with Crippen LogP contribution in [0.1, 0.15) is 27.2 Å². The maximum absolute atomic E-state index is 12.0. The van der Waals surface area contributed by atoms with Gasteiger partial charge < -0.3 is 5.11 Å². The van der Waals surface area contributed by atoms with E-state index >= 15 is 0 Å². The van der Waals surface area contributed by atoms with Crippen LogP contribution in [0.2, 0.25) is 0 Å². The Morgan fingerprint density at radius 2 is 2.12 bits per heavy atom. The summed E-state index contributed by atoms with van der Waals surface area (Å²) in [6, 6.07) is 0. The molecule has 17 heavy (non-hydrogen) atoms. The standard InChI is InChI=1S/C11H15NO5/c1-6-4-11(2,3)10(15)8(9(6)14)7(13)5-12(16)17/h6,14H,4-5H2,1-3H3. The van der Waals surface area contributed by atoms with Crippen LogP contribution in [-0.2, 0) is 9.59 Å². The summed E-state index contributed by atoms with van der Waals surface area (Å²) in [5, 5.41) is 20.0. The summed E-state index contributed by atoms with van der Waals surface area (Å²) in [5.41, 5.74) is -1.17. The van der Waals surface area contributed by atoms with Gasteiger partial charge in [0.1, 0.15) is 11.3 Å². The topological polar surface area (TPSA) is 97.5 Å². The van der Waals surface area contributed by atoms with Crippen LogP contribution >= 0.6 is 0 Å². The minimum absolute atomic E-state index is 0.318. The van der Waals surface area contributed by atoms with Crippen molar-refractivity contribution in [1.29, 1.82) is 0 Å². The molecule has 1 atom stereocenters. The van der Waals surface area contributed by atoms with Gasteiger partial charge in [-0.1, -0.05) is 20.8 Å². The molecule has 0 heterocycles. The first kappa shape index (κ1) is 13.3. The molecule has 0 aliphatic heterocycles. The molecule has 0 radical (unpaired) electrons. The van der Waals surface area contributed by atoms with Crippen molar-refractivity contribution in [3.63, 3.8) is 0 Å². The lowest BCUT2D eigenvalue weighted by Crippen LogP contribution is -2.38. The van der Waals surface area contributed by atoms with Gasteiger partial charge in [-0.3, -0.25) is 19.7 Å². The van der Waals surface area contributed by atoms with E-state index in [1.807, 2.05) is 0 Å². The van der Waals surface area contributed by atoms with Crippen LogP contribution in [0.3, 0.4) is 0 Å². The fourth-order valence-corrected chi connectivity index (χ4v) is 2.12. The highest BCUT2D eigenvalue weighted by Crippen LogP contribution is 2.38. The molecular formula is C11H15NO5. The highest BCUT2D eigenvalue weighted by molar-refractivity contribution is 6.23. The van der Waals surface area contributed by atoms with Crippen LogP contribution in [0, 0.1) is 21.4 Å². The molecule has 0 bridgehead atoms. The van der Waals surface area contributed by atoms with Gasteiger partial charge >= 0.3 is 0 Å². The lowest BCUT2D eigenvalue weighted by atomic mass is 9.70. The van der Waals surface area contributed by atoms with Crippen LogP contribution in [0.25, 0.3) is 0 Å². The van der Waals surface area contributed by atoms with Gasteiger partial charge in [0.15, 0.2) is 5.78 Å². The summed E-state index contributed by atoms with van der Waals surface area (Å²) in [4.78, 5) is 33.0. The van der Waals surface area contributed by atoms with Crippen molar-refractivity contribution in [3.8, 4) is 0 Å². The molecule has 0 saturated heterocycles. The van der Waals surface area contributed by atoms with Gasteiger partial charge in [0, 0.05) is 16.3 Å². The van der Waals surface area contributed by atoms with Crippen LogP contribution in [-0.4, -0.2) is 28.1 Å². The first-order valence-corrected chi connectivity index (χ1v) is 5.29. The number of nitro groups is 1. The van der Waals surface area contributed by atoms with Gasteiger partial charge in [0.05, 0.1) is 0 Å². The normalized spacial score (nSPS) is 23.7. The molecule has 1 unspecified atom stereocenters. The van der Waals surface area contributed by atoms with E-state index in [4.69, 9.17) is 0 Å². The van der Waals surface area contributed by atoms with Gasteiger partial charge in [-0.2, -0.15) is 0 Å². The first-order chi connectivity index (χ1) is 7.66. The molecule has 0 fully saturated rings. The second kappa shape index (κ2) is 4.27. The Hall–Kier alpha value is -1.72. The van der Waals surface area contributed by atoms with E-state index in [2.05, 4.69) is 0 Å². The molecule has 6 nitrogen and oxygen atoms in total. The Morgan fingerprint density at radius 3 is 2.59 bits per heavy atom. The predicted octanol–water partition coefficient (Wildman–Crippen LogP) is 1.28. The third-order valence-corrected chi connectivity index (χ3v) is 2.93. The van der Waals surface area contributed by atoms with Gasteiger partial charge in [0.25, 0.3) is 6.54 Å². The molecule has 0 aromatic rings. The average Bonchev–Trinajstić information content (AvgIpc) is 2.13. The lowest BCUT2D eigenvalue weighted by Gasteiger charge is -2.32. The zero-order valence-corrected chi connectivity index (χ0v) is 10.0. The summed E-state index contributed by atoms with van der Waals surface area (Å²) < 4.78 is 0. The van der Waals surface area contributed by atoms with E-state index in [1.54, 1.807) is 20.8 Å². The number of carbonyl (C=O) groups excluding carboxylic acids is 2. The van der Waals surface area contributed by atoms with Crippen molar-refractivity contribution in [1.82, 2.24) is 0 Å². The second-order valence-corrected chi connectivity index (χ2v) is 4.99. The van der Waals surface area contributed by atoms with Gasteiger partial charge in [-0.25, -0.2) is 0 Å². The Labute approximate surface area is 98.5 Å². The van der Waals surface area contributed by atoms with Crippen molar-refractivity contribution in [3.05, 3.63) is 21.4 Å². The smallest absolute Gasteiger partial charge is 0.266 e. The van der Waals surface area contributed by atoms with E-state index in [-0.39, 0.29) is 11.7 Å². The van der Waals surface area contributed by atoms with E-state index in [9.17, 15) is 24.8 Å². The van der Waals surface area contributed by atoms with Crippen LogP contribution in [0.15, 0.2) is 11.3 Å². The second-order valence-electron chi connectivity index (χ2n) is 4.99. The number of hydrogen-bond donors (Lipinski definition) is 1. The van der Waals surface area contributed by atoms with Gasteiger partial charge in [0.2, 0.25) is 5.78 Å². The van der Waals surface area contributed by atoms with Gasteiger partial charge in [-0.15, -0.1) is 0 Å². The molecule has 0 saturated carbocycles. The van der Waals surface area contributed by atoms with E-state index in [0.29, 0.717) is 6.42 Å². The number of aliphatic hydroxyl groups excluding tert-OH is 1. The van der Waals surface area contributed by atoms with E-state index in [1.165, 1.54) is 0 Å². The molecule has 1 aliphatic rings. The summed E-state index contributed by atoms with van der Waals surface area (Å²) in [7, 11) is 0. The highest BCUT2D eigenvalue weighted by atomic mass is 16.6. The first-order valence-electron chi connectivity index (χ1n) is 5.29. The number of ketones is 2. The third-order valence-electron chi connectivity index (χ3n) is 2.93. The SMILES string of the molecule is CC1CC(C)(C)C(=O)C(C(=O)C[N+](=O)[O-])=C1O. The Balaban J connectivity index is 3.17. The van der Waals surface area contributed by atoms with E-state index < -0.39 is 34.0 Å². The molecule has 1 aliphatic carbocycles. The number of hydrogen-bond acceptors (Lipinski definition) is 5. The van der Waals surface area contributed by atoms with Crippen molar-refractivity contribution < 1.29 is 19.6 Å². The number of allylic oxidation sites excluding steroid dienone is 1. The molecule has 0 amide bonds. The molecule has 1 rings (SSSR count). The summed E-state index contributed by atoms with van der Waals surface area (Å²) in [6.45, 7) is 4.05. The molecule has 0 aromatic heterocycles. The van der Waals surface area contributed by atoms with E-state index in [0.717, 1.165) is 0 Å². The minimum atomic E-state index is -0.964. The number of Topliss-reactive ketones (excluding diaryl/α,β-unsaturated/α-hetero) is 2. The van der Waals surface area contributed by atoms with Crippen LogP contribution in [0.4, 0.5) is 0 Å². The number of carbonyl (C=O) groups is 2. The number of rotatable bonds is 3. The summed E-state index contributed by atoms with van der Waals surface area (Å²) >= 11 is 0. The Bertz CT molecular complexity index is 422. The fraction of sp³-hybridized carbons (Fsp3) is 0.636. The highest BCUT2D eigenvalue weighted by Gasteiger charge is 2.43. The lowest BCUT2D eigenvalue weighted by molar-refractivity contribution is -0.466. The quantitative estimate of drug-likeness (QED) is 0.456. The zero-order valence-electron chi connectivity index (χ0n) is 10.0. The fourth-order valence-electron chi connectivity index (χ4n) is 2.12. The minimum Gasteiger partial charge on any atom is -0.511 e. The van der Waals surface area contributed by atoms with Crippen molar-refractivity contribution >= 4 is 11.6 Å². The summed E-state index contributed by atoms with van der Waals surface area (Å²) in [5.74, 6) is -2.09. The van der Waals surface area contributed by atoms with Crippen molar-refractivity contribution in [2.24, 2.45) is 11.3 Å². The monoisotopic (exact) mass is 241 g/mol.